The third-order valence-corrected chi connectivity index (χ3v) is 3.90. The Labute approximate surface area is 142 Å². The molecule has 0 atom stereocenters. The van der Waals surface area contributed by atoms with E-state index in [0.29, 0.717) is 11.3 Å². The van der Waals surface area contributed by atoms with Crippen molar-refractivity contribution in [3.05, 3.63) is 48.0 Å². The molecule has 1 heterocycles. The maximum Gasteiger partial charge on any atom is 0.319 e. The number of primary amides is 1. The summed E-state index contributed by atoms with van der Waals surface area (Å²) in [6.07, 6.45) is 4.11. The fourth-order valence-electron chi connectivity index (χ4n) is 2.59. The third-order valence-electron chi connectivity index (χ3n) is 3.90. The van der Waals surface area contributed by atoms with E-state index >= 15 is 0 Å². The Balaban J connectivity index is 1.82. The number of nitrogens with two attached hydrogens (primary N) is 1. The van der Waals surface area contributed by atoms with Crippen LogP contribution in [0.4, 0.5) is 19.3 Å². The van der Waals surface area contributed by atoms with Gasteiger partial charge in [0.05, 0.1) is 6.54 Å². The quantitative estimate of drug-likeness (QED) is 0.839. The van der Waals surface area contributed by atoms with Crippen LogP contribution >= 0.6 is 0 Å². The number of hydrogen-bond acceptors (Lipinski definition) is 3. The first-order valence-electron chi connectivity index (χ1n) is 7.73. The van der Waals surface area contributed by atoms with Gasteiger partial charge in [0.2, 0.25) is 0 Å². The van der Waals surface area contributed by atoms with Crippen molar-refractivity contribution >= 4 is 17.6 Å². The van der Waals surface area contributed by atoms with Gasteiger partial charge in [-0.2, -0.15) is 8.78 Å². The largest absolute Gasteiger partial charge is 0.351 e. The van der Waals surface area contributed by atoms with Gasteiger partial charge in [-0.15, -0.1) is 0 Å². The van der Waals surface area contributed by atoms with Crippen LogP contribution in [-0.4, -0.2) is 32.4 Å². The SMILES string of the molecule is NC(=O)Nc1cccc(C(=O)N(Cc2nccn2C(F)F)C2CC2)c1. The van der Waals surface area contributed by atoms with E-state index in [9.17, 15) is 18.4 Å². The summed E-state index contributed by atoms with van der Waals surface area (Å²) in [6, 6.07) is 5.59. The van der Waals surface area contributed by atoms with Gasteiger partial charge in [0.15, 0.2) is 0 Å². The van der Waals surface area contributed by atoms with E-state index in [1.165, 1.54) is 23.4 Å². The molecule has 9 heteroatoms. The average molecular weight is 349 g/mol. The molecule has 0 radical (unpaired) electrons. The highest BCUT2D eigenvalue weighted by Crippen LogP contribution is 2.30. The Kier molecular flexibility index (Phi) is 4.64. The Morgan fingerprint density at radius 3 is 2.80 bits per heavy atom. The van der Waals surface area contributed by atoms with Crippen molar-refractivity contribution in [2.75, 3.05) is 5.32 Å². The van der Waals surface area contributed by atoms with Crippen LogP contribution in [0.15, 0.2) is 36.7 Å². The van der Waals surface area contributed by atoms with Crippen LogP contribution in [0.25, 0.3) is 0 Å². The second-order valence-corrected chi connectivity index (χ2v) is 5.76. The summed E-state index contributed by atoms with van der Waals surface area (Å²) in [6.45, 7) is -2.72. The molecule has 0 aliphatic heterocycles. The number of amides is 3. The molecule has 3 amide bonds. The number of rotatable bonds is 6. The zero-order valence-electron chi connectivity index (χ0n) is 13.2. The van der Waals surface area contributed by atoms with Gasteiger partial charge in [-0.25, -0.2) is 9.78 Å². The van der Waals surface area contributed by atoms with E-state index in [4.69, 9.17) is 5.73 Å². The zero-order chi connectivity index (χ0) is 18.0. The molecule has 132 valence electrons. The number of nitrogens with zero attached hydrogens (tertiary/aromatic N) is 3. The van der Waals surface area contributed by atoms with Gasteiger partial charge >= 0.3 is 12.6 Å². The maximum absolute atomic E-state index is 13.0. The molecule has 3 rings (SSSR count). The summed E-state index contributed by atoms with van der Waals surface area (Å²) in [5.41, 5.74) is 5.81. The fraction of sp³-hybridized carbons (Fsp3) is 0.312. The molecule has 2 aromatic rings. The summed E-state index contributed by atoms with van der Waals surface area (Å²) < 4.78 is 26.7. The number of benzene rings is 1. The second-order valence-electron chi connectivity index (χ2n) is 5.76. The zero-order valence-corrected chi connectivity index (χ0v) is 13.2. The molecule has 1 aromatic heterocycles. The van der Waals surface area contributed by atoms with Crippen molar-refractivity contribution < 1.29 is 18.4 Å². The number of carbonyl (C=O) groups is 2. The van der Waals surface area contributed by atoms with Gasteiger partial charge in [-0.3, -0.25) is 9.36 Å². The average Bonchev–Trinajstić information content (AvgIpc) is 3.29. The second kappa shape index (κ2) is 6.88. The van der Waals surface area contributed by atoms with Crippen molar-refractivity contribution in [2.24, 2.45) is 5.73 Å². The van der Waals surface area contributed by atoms with Crippen molar-refractivity contribution in [1.82, 2.24) is 14.5 Å². The molecule has 1 saturated carbocycles. The van der Waals surface area contributed by atoms with E-state index in [2.05, 4.69) is 10.3 Å². The Hall–Kier alpha value is -2.97. The van der Waals surface area contributed by atoms with Gasteiger partial charge < -0.3 is 16.0 Å². The molecule has 0 bridgehead atoms. The van der Waals surface area contributed by atoms with E-state index in [-0.39, 0.29) is 24.3 Å². The highest BCUT2D eigenvalue weighted by atomic mass is 19.3. The van der Waals surface area contributed by atoms with Gasteiger partial charge in [-0.1, -0.05) is 6.07 Å². The Morgan fingerprint density at radius 2 is 2.16 bits per heavy atom. The smallest absolute Gasteiger partial charge is 0.319 e. The molecule has 1 aliphatic carbocycles. The fourth-order valence-corrected chi connectivity index (χ4v) is 2.59. The van der Waals surface area contributed by atoms with Gasteiger partial charge in [0.25, 0.3) is 5.91 Å². The standard InChI is InChI=1S/C16H17F2N5O2/c17-15(18)22-7-6-20-13(22)9-23(12-4-5-12)14(24)10-2-1-3-11(8-10)21-16(19)25/h1-3,6-8,12,15H,4-5,9H2,(H3,19,21,25). The topological polar surface area (TPSA) is 93.2 Å². The van der Waals surface area contributed by atoms with Crippen LogP contribution in [0.5, 0.6) is 0 Å². The molecular weight excluding hydrogens is 332 g/mol. The highest BCUT2D eigenvalue weighted by molar-refractivity contribution is 5.97. The number of carbonyl (C=O) groups excluding carboxylic acids is 2. The first-order chi connectivity index (χ1) is 12.0. The number of alkyl halides is 2. The van der Waals surface area contributed by atoms with Crippen molar-refractivity contribution in [2.45, 2.75) is 32.0 Å². The molecule has 0 saturated heterocycles. The number of halogens is 2. The lowest BCUT2D eigenvalue weighted by atomic mass is 10.1. The van der Waals surface area contributed by atoms with Crippen LogP contribution in [0, 0.1) is 0 Å². The van der Waals surface area contributed by atoms with Crippen molar-refractivity contribution in [3.63, 3.8) is 0 Å². The lowest BCUT2D eigenvalue weighted by molar-refractivity contribution is 0.0584. The van der Waals surface area contributed by atoms with Gasteiger partial charge in [0.1, 0.15) is 5.82 Å². The summed E-state index contributed by atoms with van der Waals surface area (Å²) >= 11 is 0. The molecule has 25 heavy (non-hydrogen) atoms. The monoisotopic (exact) mass is 349 g/mol. The number of imidazole rings is 1. The van der Waals surface area contributed by atoms with Gasteiger partial charge in [-0.05, 0) is 31.0 Å². The van der Waals surface area contributed by atoms with E-state index in [0.717, 1.165) is 17.4 Å². The molecular formula is C16H17F2N5O2. The Morgan fingerprint density at radius 1 is 1.40 bits per heavy atom. The van der Waals surface area contributed by atoms with Gasteiger partial charge in [0, 0.05) is 29.7 Å². The first-order valence-corrected chi connectivity index (χ1v) is 7.73. The van der Waals surface area contributed by atoms with E-state index in [1.54, 1.807) is 18.2 Å². The number of hydrogen-bond donors (Lipinski definition) is 2. The normalized spacial score (nSPS) is 13.7. The maximum atomic E-state index is 13.0. The minimum atomic E-state index is -2.71. The highest BCUT2D eigenvalue weighted by Gasteiger charge is 2.34. The summed E-state index contributed by atoms with van der Waals surface area (Å²) in [5.74, 6) is -0.180. The number of urea groups is 1. The number of nitrogens with one attached hydrogen (secondary N) is 1. The molecule has 3 N–H and O–H groups in total. The lowest BCUT2D eigenvalue weighted by Crippen LogP contribution is -2.34. The molecule has 0 unspecified atom stereocenters. The third kappa shape index (κ3) is 3.93. The summed E-state index contributed by atoms with van der Waals surface area (Å²) in [4.78, 5) is 29.2. The minimum Gasteiger partial charge on any atom is -0.351 e. The van der Waals surface area contributed by atoms with Crippen LogP contribution < -0.4 is 11.1 Å². The van der Waals surface area contributed by atoms with Crippen molar-refractivity contribution in [3.8, 4) is 0 Å². The summed E-state index contributed by atoms with van der Waals surface area (Å²) in [7, 11) is 0. The molecule has 0 spiro atoms. The number of aromatic nitrogens is 2. The molecule has 1 aromatic carbocycles. The lowest BCUT2D eigenvalue weighted by Gasteiger charge is -2.23. The first kappa shape index (κ1) is 16.9. The van der Waals surface area contributed by atoms with E-state index < -0.39 is 12.6 Å². The molecule has 1 fully saturated rings. The molecule has 1 aliphatic rings. The van der Waals surface area contributed by atoms with Crippen LogP contribution in [0.1, 0.15) is 35.6 Å². The van der Waals surface area contributed by atoms with Crippen LogP contribution in [0.3, 0.4) is 0 Å². The number of anilines is 1. The minimum absolute atomic E-state index is 0.00285. The van der Waals surface area contributed by atoms with E-state index in [1.807, 2.05) is 0 Å². The molecule has 7 nitrogen and oxygen atoms in total. The predicted molar refractivity (Wildman–Crippen MR) is 86.0 cm³/mol. The van der Waals surface area contributed by atoms with Crippen LogP contribution in [0.2, 0.25) is 0 Å². The van der Waals surface area contributed by atoms with Crippen LogP contribution in [-0.2, 0) is 6.54 Å². The summed E-state index contributed by atoms with van der Waals surface area (Å²) in [5, 5.41) is 2.41. The Bertz CT molecular complexity index is 788. The van der Waals surface area contributed by atoms with Crippen molar-refractivity contribution in [1.29, 1.82) is 0 Å². The predicted octanol–water partition coefficient (Wildman–Crippen LogP) is 2.57.